The summed E-state index contributed by atoms with van der Waals surface area (Å²) < 4.78 is 11.2. The molecule has 1 aromatic rings. The molecule has 0 aromatic heterocycles. The average Bonchev–Trinajstić information content (AvgIpc) is 2.54. The van der Waals surface area contributed by atoms with Crippen LogP contribution in [0.25, 0.3) is 0 Å². The fourth-order valence-electron chi connectivity index (χ4n) is 1.90. The molecule has 0 saturated carbocycles. The zero-order chi connectivity index (χ0) is 17.2. The maximum Gasteiger partial charge on any atom is 0.221 e. The SMILES string of the molecule is C#CC(C)Oc1ccc(CCC(=O)NC(C)C#N)cc1OCC. The zero-order valence-electron chi connectivity index (χ0n) is 13.8. The van der Waals surface area contributed by atoms with Crippen LogP contribution < -0.4 is 14.8 Å². The van der Waals surface area contributed by atoms with Crippen LogP contribution in [0.3, 0.4) is 0 Å². The normalized spacial score (nSPS) is 12.4. The predicted octanol–water partition coefficient (Wildman–Crippen LogP) is 2.45. The molecule has 0 spiro atoms. The number of nitriles is 1. The number of hydrogen-bond acceptors (Lipinski definition) is 4. The Balaban J connectivity index is 2.74. The molecule has 5 nitrogen and oxygen atoms in total. The number of carbonyl (C=O) groups is 1. The van der Waals surface area contributed by atoms with Crippen LogP contribution in [-0.2, 0) is 11.2 Å². The minimum absolute atomic E-state index is 0.154. The average molecular weight is 314 g/mol. The molecule has 0 bridgehead atoms. The highest BCUT2D eigenvalue weighted by molar-refractivity contribution is 5.76. The number of hydrogen-bond donors (Lipinski definition) is 1. The van der Waals surface area contributed by atoms with E-state index in [4.69, 9.17) is 21.2 Å². The maximum atomic E-state index is 11.7. The van der Waals surface area contributed by atoms with Gasteiger partial charge in [-0.1, -0.05) is 12.0 Å². The first-order valence-electron chi connectivity index (χ1n) is 7.57. The van der Waals surface area contributed by atoms with Crippen molar-refractivity contribution in [3.8, 4) is 29.9 Å². The smallest absolute Gasteiger partial charge is 0.221 e. The number of nitrogens with zero attached hydrogens (tertiary/aromatic N) is 1. The number of rotatable bonds is 8. The molecule has 1 amide bonds. The van der Waals surface area contributed by atoms with E-state index in [-0.39, 0.29) is 12.0 Å². The Morgan fingerprint density at radius 2 is 2.13 bits per heavy atom. The number of carbonyl (C=O) groups excluding carboxylic acids is 1. The van der Waals surface area contributed by atoms with Gasteiger partial charge in [0.25, 0.3) is 0 Å². The number of nitrogens with one attached hydrogen (secondary N) is 1. The van der Waals surface area contributed by atoms with Gasteiger partial charge in [-0.25, -0.2) is 0 Å². The highest BCUT2D eigenvalue weighted by atomic mass is 16.5. The third-order valence-electron chi connectivity index (χ3n) is 3.06. The van der Waals surface area contributed by atoms with Crippen molar-refractivity contribution in [2.75, 3.05) is 6.61 Å². The van der Waals surface area contributed by atoms with E-state index >= 15 is 0 Å². The van der Waals surface area contributed by atoms with Gasteiger partial charge in [-0.15, -0.1) is 6.42 Å². The Bertz CT molecular complexity index is 614. The molecule has 1 rings (SSSR count). The van der Waals surface area contributed by atoms with Crippen LogP contribution in [-0.4, -0.2) is 24.7 Å². The fourth-order valence-corrected chi connectivity index (χ4v) is 1.90. The molecule has 0 aliphatic carbocycles. The lowest BCUT2D eigenvalue weighted by Gasteiger charge is -2.15. The third kappa shape index (κ3) is 6.32. The topological polar surface area (TPSA) is 71.3 Å². The molecule has 0 radical (unpaired) electrons. The summed E-state index contributed by atoms with van der Waals surface area (Å²) in [6.07, 6.45) is 5.83. The second kappa shape index (κ2) is 9.38. The first-order valence-corrected chi connectivity index (χ1v) is 7.57. The first kappa shape index (κ1) is 18.4. The summed E-state index contributed by atoms with van der Waals surface area (Å²) in [6.45, 7) is 5.82. The van der Waals surface area contributed by atoms with Crippen molar-refractivity contribution >= 4 is 5.91 Å². The van der Waals surface area contributed by atoms with Crippen molar-refractivity contribution in [2.24, 2.45) is 0 Å². The zero-order valence-corrected chi connectivity index (χ0v) is 13.8. The molecule has 0 saturated heterocycles. The van der Waals surface area contributed by atoms with Crippen molar-refractivity contribution < 1.29 is 14.3 Å². The number of terminal acetylenes is 1. The van der Waals surface area contributed by atoms with Crippen molar-refractivity contribution in [2.45, 2.75) is 45.8 Å². The molecule has 23 heavy (non-hydrogen) atoms. The highest BCUT2D eigenvalue weighted by Crippen LogP contribution is 2.29. The lowest BCUT2D eigenvalue weighted by molar-refractivity contribution is -0.121. The number of benzene rings is 1. The summed E-state index contributed by atoms with van der Waals surface area (Å²) >= 11 is 0. The summed E-state index contributed by atoms with van der Waals surface area (Å²) in [5, 5.41) is 11.3. The van der Waals surface area contributed by atoms with Gasteiger partial charge in [0.05, 0.1) is 12.7 Å². The van der Waals surface area contributed by atoms with Gasteiger partial charge >= 0.3 is 0 Å². The van der Waals surface area contributed by atoms with Gasteiger partial charge in [0.1, 0.15) is 6.04 Å². The highest BCUT2D eigenvalue weighted by Gasteiger charge is 2.11. The lowest BCUT2D eigenvalue weighted by atomic mass is 10.1. The molecule has 5 heteroatoms. The number of ether oxygens (including phenoxy) is 2. The van der Waals surface area contributed by atoms with E-state index in [0.29, 0.717) is 30.9 Å². The molecule has 1 aromatic carbocycles. The van der Waals surface area contributed by atoms with Crippen LogP contribution in [0.15, 0.2) is 18.2 Å². The lowest BCUT2D eigenvalue weighted by Crippen LogP contribution is -2.31. The molecule has 122 valence electrons. The van der Waals surface area contributed by atoms with Gasteiger partial charge < -0.3 is 14.8 Å². The minimum atomic E-state index is -0.484. The molecule has 1 N–H and O–H groups in total. The van der Waals surface area contributed by atoms with E-state index in [9.17, 15) is 4.79 Å². The second-order valence-electron chi connectivity index (χ2n) is 5.06. The van der Waals surface area contributed by atoms with E-state index in [1.54, 1.807) is 19.9 Å². The van der Waals surface area contributed by atoms with Crippen LogP contribution >= 0.6 is 0 Å². The van der Waals surface area contributed by atoms with Gasteiger partial charge in [-0.05, 0) is 44.9 Å². The first-order chi connectivity index (χ1) is 11.0. The van der Waals surface area contributed by atoms with Crippen LogP contribution in [0.1, 0.15) is 32.8 Å². The summed E-state index contributed by atoms with van der Waals surface area (Å²) in [5.41, 5.74) is 0.953. The van der Waals surface area contributed by atoms with Gasteiger partial charge in [0.15, 0.2) is 17.6 Å². The van der Waals surface area contributed by atoms with Crippen LogP contribution in [0.5, 0.6) is 11.5 Å². The quantitative estimate of drug-likeness (QED) is 0.748. The molecular weight excluding hydrogens is 292 g/mol. The van der Waals surface area contributed by atoms with Gasteiger partial charge in [-0.2, -0.15) is 5.26 Å². The molecule has 0 fully saturated rings. The Morgan fingerprint density at radius 1 is 1.39 bits per heavy atom. The molecular formula is C18H22N2O3. The number of aryl methyl sites for hydroxylation is 1. The summed E-state index contributed by atoms with van der Waals surface area (Å²) in [4.78, 5) is 11.7. The second-order valence-corrected chi connectivity index (χ2v) is 5.06. The molecule has 0 aliphatic rings. The van der Waals surface area contributed by atoms with E-state index < -0.39 is 6.04 Å². The Labute approximate surface area is 137 Å². The van der Waals surface area contributed by atoms with E-state index in [0.717, 1.165) is 5.56 Å². The van der Waals surface area contributed by atoms with Crippen molar-refractivity contribution in [3.63, 3.8) is 0 Å². The fraction of sp³-hybridized carbons (Fsp3) is 0.444. The molecule has 2 unspecified atom stereocenters. The van der Waals surface area contributed by atoms with E-state index in [1.165, 1.54) is 0 Å². The van der Waals surface area contributed by atoms with Gasteiger partial charge in [-0.3, -0.25) is 4.79 Å². The van der Waals surface area contributed by atoms with Crippen molar-refractivity contribution in [3.05, 3.63) is 23.8 Å². The number of amides is 1. The molecule has 0 heterocycles. The summed E-state index contributed by atoms with van der Waals surface area (Å²) in [5.74, 6) is 3.55. The largest absolute Gasteiger partial charge is 0.490 e. The van der Waals surface area contributed by atoms with Crippen molar-refractivity contribution in [1.82, 2.24) is 5.32 Å². The Morgan fingerprint density at radius 3 is 2.74 bits per heavy atom. The van der Waals surface area contributed by atoms with E-state index in [1.807, 2.05) is 25.1 Å². The monoisotopic (exact) mass is 314 g/mol. The maximum absolute atomic E-state index is 11.7. The summed E-state index contributed by atoms with van der Waals surface area (Å²) in [7, 11) is 0. The van der Waals surface area contributed by atoms with Crippen molar-refractivity contribution in [1.29, 1.82) is 5.26 Å². The Hall–Kier alpha value is -2.66. The van der Waals surface area contributed by atoms with Crippen LogP contribution in [0.2, 0.25) is 0 Å². The minimum Gasteiger partial charge on any atom is -0.490 e. The Kier molecular flexibility index (Phi) is 7.50. The summed E-state index contributed by atoms with van der Waals surface area (Å²) in [6, 6.07) is 7.01. The molecule has 0 aliphatic heterocycles. The molecule has 2 atom stereocenters. The standard InChI is InChI=1S/C18H22N2O3/c1-5-14(4)23-16-9-7-15(11-17(16)22-6-2)8-10-18(21)20-13(3)12-19/h1,7,9,11,13-14H,6,8,10H2,2-4H3,(H,20,21). The third-order valence-corrected chi connectivity index (χ3v) is 3.06. The van der Waals surface area contributed by atoms with Crippen LogP contribution in [0, 0.1) is 23.7 Å². The predicted molar refractivity (Wildman–Crippen MR) is 88.1 cm³/mol. The van der Waals surface area contributed by atoms with Gasteiger partial charge in [0, 0.05) is 6.42 Å². The van der Waals surface area contributed by atoms with E-state index in [2.05, 4.69) is 11.2 Å². The van der Waals surface area contributed by atoms with Gasteiger partial charge in [0.2, 0.25) is 5.91 Å². The van der Waals surface area contributed by atoms with Crippen LogP contribution in [0.4, 0.5) is 0 Å².